The minimum atomic E-state index is -0.201. The van der Waals surface area contributed by atoms with Gasteiger partial charge in [0.25, 0.3) is 0 Å². The highest BCUT2D eigenvalue weighted by Crippen LogP contribution is 2.28. The molecule has 2 unspecified atom stereocenters. The van der Waals surface area contributed by atoms with E-state index in [9.17, 15) is 0 Å². The number of rotatable bonds is 4. The number of aryl methyl sites for hydroxylation is 2. The van der Waals surface area contributed by atoms with Crippen molar-refractivity contribution in [2.24, 2.45) is 11.7 Å². The summed E-state index contributed by atoms with van der Waals surface area (Å²) < 4.78 is 0. The summed E-state index contributed by atoms with van der Waals surface area (Å²) in [6.45, 7) is 10.9. The summed E-state index contributed by atoms with van der Waals surface area (Å²) in [5.41, 5.74) is 10.2. The summed E-state index contributed by atoms with van der Waals surface area (Å²) >= 11 is 0. The molecule has 0 aliphatic carbocycles. The van der Waals surface area contributed by atoms with Crippen LogP contribution in [0.15, 0.2) is 18.2 Å². The Hall–Kier alpha value is -0.820. The Balaban J connectivity index is 2.93. The number of hydrogen-bond donors (Lipinski definition) is 1. The molecule has 90 valence electrons. The van der Waals surface area contributed by atoms with Gasteiger partial charge in [-0.15, -0.1) is 0 Å². The molecule has 1 aromatic carbocycles. The van der Waals surface area contributed by atoms with Crippen LogP contribution in [0.1, 0.15) is 50.3 Å². The van der Waals surface area contributed by atoms with Crippen LogP contribution in [0, 0.1) is 19.8 Å². The topological polar surface area (TPSA) is 26.0 Å². The van der Waals surface area contributed by atoms with E-state index in [4.69, 9.17) is 5.73 Å². The van der Waals surface area contributed by atoms with Crippen LogP contribution < -0.4 is 5.73 Å². The lowest BCUT2D eigenvalue weighted by Crippen LogP contribution is -2.34. The first-order valence-corrected chi connectivity index (χ1v) is 6.23. The molecule has 1 nitrogen and oxygen atoms in total. The molecule has 1 heteroatoms. The summed E-state index contributed by atoms with van der Waals surface area (Å²) in [4.78, 5) is 0. The molecule has 1 rings (SSSR count). The number of nitrogens with two attached hydrogens (primary N) is 1. The van der Waals surface area contributed by atoms with Crippen LogP contribution in [0.3, 0.4) is 0 Å². The summed E-state index contributed by atoms with van der Waals surface area (Å²) in [6, 6.07) is 6.58. The SMILES string of the molecule is CCC(C)CC(C)(N)c1ccc(C)c(C)c1. The highest BCUT2D eigenvalue weighted by Gasteiger charge is 2.23. The van der Waals surface area contributed by atoms with Crippen molar-refractivity contribution in [3.8, 4) is 0 Å². The van der Waals surface area contributed by atoms with E-state index in [-0.39, 0.29) is 5.54 Å². The van der Waals surface area contributed by atoms with Gasteiger partial charge in [-0.25, -0.2) is 0 Å². The lowest BCUT2D eigenvalue weighted by Gasteiger charge is -2.29. The third-order valence-corrected chi connectivity index (χ3v) is 3.64. The Bertz CT molecular complexity index is 352. The van der Waals surface area contributed by atoms with Crippen LogP contribution in [0.4, 0.5) is 0 Å². The van der Waals surface area contributed by atoms with Gasteiger partial charge >= 0.3 is 0 Å². The molecule has 0 spiro atoms. The second-order valence-corrected chi connectivity index (χ2v) is 5.43. The summed E-state index contributed by atoms with van der Waals surface area (Å²) in [6.07, 6.45) is 2.24. The fraction of sp³-hybridized carbons (Fsp3) is 0.600. The van der Waals surface area contributed by atoms with Gasteiger partial charge in [0.2, 0.25) is 0 Å². The quantitative estimate of drug-likeness (QED) is 0.816. The smallest absolute Gasteiger partial charge is 0.0383 e. The molecule has 0 saturated heterocycles. The van der Waals surface area contributed by atoms with Gasteiger partial charge in [-0.2, -0.15) is 0 Å². The highest BCUT2D eigenvalue weighted by molar-refractivity contribution is 5.33. The van der Waals surface area contributed by atoms with E-state index in [1.165, 1.54) is 23.1 Å². The van der Waals surface area contributed by atoms with Crippen LogP contribution in [-0.2, 0) is 5.54 Å². The molecule has 0 amide bonds. The average molecular weight is 219 g/mol. The fourth-order valence-electron chi connectivity index (χ4n) is 2.08. The molecule has 2 N–H and O–H groups in total. The normalized spacial score (nSPS) is 16.9. The summed E-state index contributed by atoms with van der Waals surface area (Å²) in [5.74, 6) is 0.677. The molecule has 2 atom stereocenters. The molecule has 1 aromatic rings. The molecule has 16 heavy (non-hydrogen) atoms. The van der Waals surface area contributed by atoms with Gasteiger partial charge in [0.05, 0.1) is 0 Å². The van der Waals surface area contributed by atoms with Crippen molar-refractivity contribution in [1.82, 2.24) is 0 Å². The number of benzene rings is 1. The lowest BCUT2D eigenvalue weighted by atomic mass is 9.82. The lowest BCUT2D eigenvalue weighted by molar-refractivity contribution is 0.356. The maximum Gasteiger partial charge on any atom is 0.0383 e. The zero-order chi connectivity index (χ0) is 12.3. The molecule has 0 bridgehead atoms. The largest absolute Gasteiger partial charge is 0.322 e. The molecule has 0 saturated carbocycles. The molecule has 0 heterocycles. The van der Waals surface area contributed by atoms with E-state index < -0.39 is 0 Å². The van der Waals surface area contributed by atoms with Crippen LogP contribution in [0.2, 0.25) is 0 Å². The van der Waals surface area contributed by atoms with Crippen LogP contribution in [0.25, 0.3) is 0 Å². The molecule has 0 aliphatic rings. The predicted molar refractivity (Wildman–Crippen MR) is 71.5 cm³/mol. The van der Waals surface area contributed by atoms with E-state index in [1.807, 2.05) is 0 Å². The van der Waals surface area contributed by atoms with Crippen molar-refractivity contribution in [3.63, 3.8) is 0 Å². The second-order valence-electron chi connectivity index (χ2n) is 5.43. The van der Waals surface area contributed by atoms with Gasteiger partial charge < -0.3 is 5.73 Å². The predicted octanol–water partition coefficient (Wildman–Crippen LogP) is 3.91. The van der Waals surface area contributed by atoms with Crippen LogP contribution in [0.5, 0.6) is 0 Å². The van der Waals surface area contributed by atoms with E-state index in [0.717, 1.165) is 6.42 Å². The third-order valence-electron chi connectivity index (χ3n) is 3.64. The molecular formula is C15H25N. The Morgan fingerprint density at radius 1 is 1.25 bits per heavy atom. The Morgan fingerprint density at radius 3 is 2.38 bits per heavy atom. The van der Waals surface area contributed by atoms with Gasteiger partial charge in [-0.1, -0.05) is 38.5 Å². The van der Waals surface area contributed by atoms with Gasteiger partial charge in [-0.3, -0.25) is 0 Å². The van der Waals surface area contributed by atoms with Crippen LogP contribution >= 0.6 is 0 Å². The van der Waals surface area contributed by atoms with Gasteiger partial charge in [0.1, 0.15) is 0 Å². The first-order valence-electron chi connectivity index (χ1n) is 6.23. The summed E-state index contributed by atoms with van der Waals surface area (Å²) in [7, 11) is 0. The Kier molecular flexibility index (Phi) is 4.15. The van der Waals surface area contributed by atoms with Crippen molar-refractivity contribution in [3.05, 3.63) is 34.9 Å². The third kappa shape index (κ3) is 3.08. The van der Waals surface area contributed by atoms with Crippen LogP contribution in [-0.4, -0.2) is 0 Å². The molecule has 0 fully saturated rings. The average Bonchev–Trinajstić information content (AvgIpc) is 2.21. The minimum absolute atomic E-state index is 0.201. The van der Waals surface area contributed by atoms with Crippen molar-refractivity contribution in [2.75, 3.05) is 0 Å². The molecule has 0 radical (unpaired) electrons. The van der Waals surface area contributed by atoms with E-state index in [0.29, 0.717) is 5.92 Å². The Morgan fingerprint density at radius 2 is 1.88 bits per heavy atom. The molecular weight excluding hydrogens is 194 g/mol. The first-order chi connectivity index (χ1) is 7.36. The van der Waals surface area contributed by atoms with Crippen molar-refractivity contribution in [2.45, 2.75) is 53.0 Å². The monoisotopic (exact) mass is 219 g/mol. The maximum absolute atomic E-state index is 6.43. The minimum Gasteiger partial charge on any atom is -0.322 e. The zero-order valence-corrected chi connectivity index (χ0v) is 11.3. The van der Waals surface area contributed by atoms with Gasteiger partial charge in [0.15, 0.2) is 0 Å². The van der Waals surface area contributed by atoms with E-state index in [1.54, 1.807) is 0 Å². The fourth-order valence-corrected chi connectivity index (χ4v) is 2.08. The highest BCUT2D eigenvalue weighted by atomic mass is 14.7. The standard InChI is InChI=1S/C15H25N/c1-6-11(2)10-15(5,16)14-8-7-12(3)13(4)9-14/h7-9,11H,6,10,16H2,1-5H3. The second kappa shape index (κ2) is 5.01. The number of hydrogen-bond acceptors (Lipinski definition) is 1. The molecule has 0 aromatic heterocycles. The van der Waals surface area contributed by atoms with Crippen molar-refractivity contribution in [1.29, 1.82) is 0 Å². The zero-order valence-electron chi connectivity index (χ0n) is 11.3. The van der Waals surface area contributed by atoms with E-state index >= 15 is 0 Å². The first kappa shape index (κ1) is 13.2. The van der Waals surface area contributed by atoms with Gasteiger partial charge in [0, 0.05) is 5.54 Å². The maximum atomic E-state index is 6.43. The van der Waals surface area contributed by atoms with E-state index in [2.05, 4.69) is 52.8 Å². The summed E-state index contributed by atoms with van der Waals surface area (Å²) in [5, 5.41) is 0. The molecule has 0 aliphatic heterocycles. The van der Waals surface area contributed by atoms with Crippen molar-refractivity contribution < 1.29 is 0 Å². The van der Waals surface area contributed by atoms with Gasteiger partial charge in [-0.05, 0) is 49.8 Å². The Labute approximate surface area is 100 Å². The van der Waals surface area contributed by atoms with Crippen molar-refractivity contribution >= 4 is 0 Å².